The average molecular weight is 488 g/mol. The van der Waals surface area contributed by atoms with Gasteiger partial charge in [0.15, 0.2) is 0 Å². The molecule has 2 amide bonds. The zero-order valence-electron chi connectivity index (χ0n) is 20.7. The Morgan fingerprint density at radius 2 is 1.74 bits per heavy atom. The van der Waals surface area contributed by atoms with Crippen LogP contribution in [0.25, 0.3) is 0 Å². The van der Waals surface area contributed by atoms with E-state index < -0.39 is 16.1 Å². The van der Waals surface area contributed by atoms with E-state index in [4.69, 9.17) is 0 Å². The van der Waals surface area contributed by atoms with E-state index in [1.165, 1.54) is 11.4 Å². The number of hydrogen-bond acceptors (Lipinski definition) is 4. The van der Waals surface area contributed by atoms with E-state index in [9.17, 15) is 18.0 Å². The molecule has 0 bridgehead atoms. The molecule has 7 nitrogen and oxygen atoms in total. The Morgan fingerprint density at radius 3 is 2.35 bits per heavy atom. The van der Waals surface area contributed by atoms with Crippen molar-refractivity contribution in [1.29, 1.82) is 0 Å². The second-order valence-corrected chi connectivity index (χ2v) is 10.5. The van der Waals surface area contributed by atoms with Crippen molar-refractivity contribution in [1.82, 2.24) is 14.5 Å². The highest BCUT2D eigenvalue weighted by Crippen LogP contribution is 2.17. The van der Waals surface area contributed by atoms with Gasteiger partial charge in [0.2, 0.25) is 21.8 Å². The molecule has 0 saturated carbocycles. The van der Waals surface area contributed by atoms with Crippen molar-refractivity contribution in [3.8, 4) is 0 Å². The van der Waals surface area contributed by atoms with Crippen LogP contribution in [0.5, 0.6) is 0 Å². The number of rotatable bonds is 13. The minimum Gasteiger partial charge on any atom is -0.354 e. The van der Waals surface area contributed by atoms with Gasteiger partial charge in [-0.1, -0.05) is 61.9 Å². The zero-order valence-corrected chi connectivity index (χ0v) is 21.5. The highest BCUT2D eigenvalue weighted by molar-refractivity contribution is 7.89. The molecule has 0 spiro atoms. The van der Waals surface area contributed by atoms with Gasteiger partial charge in [-0.3, -0.25) is 9.59 Å². The van der Waals surface area contributed by atoms with Gasteiger partial charge in [0.05, 0.1) is 4.90 Å². The Morgan fingerprint density at radius 1 is 1.03 bits per heavy atom. The van der Waals surface area contributed by atoms with Crippen molar-refractivity contribution in [3.63, 3.8) is 0 Å². The second-order valence-electron chi connectivity index (χ2n) is 8.47. The van der Waals surface area contributed by atoms with E-state index in [2.05, 4.69) is 5.32 Å². The van der Waals surface area contributed by atoms with Crippen LogP contribution in [-0.4, -0.2) is 55.6 Å². The monoisotopic (exact) mass is 487 g/mol. The van der Waals surface area contributed by atoms with Crippen LogP contribution in [0.4, 0.5) is 0 Å². The predicted molar refractivity (Wildman–Crippen MR) is 135 cm³/mol. The molecule has 2 rings (SSSR count). The Labute approximate surface area is 204 Å². The van der Waals surface area contributed by atoms with Crippen LogP contribution in [0.1, 0.15) is 50.7 Å². The number of nitrogens with zero attached hydrogens (tertiary/aromatic N) is 2. The number of benzene rings is 2. The van der Waals surface area contributed by atoms with Crippen molar-refractivity contribution < 1.29 is 18.0 Å². The third-order valence-corrected chi connectivity index (χ3v) is 7.56. The molecule has 0 saturated heterocycles. The van der Waals surface area contributed by atoms with Crippen molar-refractivity contribution in [3.05, 3.63) is 65.7 Å². The highest BCUT2D eigenvalue weighted by atomic mass is 32.2. The summed E-state index contributed by atoms with van der Waals surface area (Å²) in [5, 5.41) is 2.91. The molecule has 0 heterocycles. The number of nitrogens with one attached hydrogen (secondary N) is 1. The van der Waals surface area contributed by atoms with Crippen LogP contribution in [0.3, 0.4) is 0 Å². The van der Waals surface area contributed by atoms with E-state index in [-0.39, 0.29) is 29.7 Å². The summed E-state index contributed by atoms with van der Waals surface area (Å²) in [6.07, 6.45) is 1.82. The second kappa shape index (κ2) is 13.2. The van der Waals surface area contributed by atoms with E-state index in [1.807, 2.05) is 45.0 Å². The minimum absolute atomic E-state index is 0.151. The topological polar surface area (TPSA) is 86.8 Å². The molecule has 1 N–H and O–H groups in total. The summed E-state index contributed by atoms with van der Waals surface area (Å²) >= 11 is 0. The maximum Gasteiger partial charge on any atom is 0.242 e. The van der Waals surface area contributed by atoms with Gasteiger partial charge in [-0.25, -0.2) is 12.7 Å². The summed E-state index contributed by atoms with van der Waals surface area (Å²) in [7, 11) is -2.09. The van der Waals surface area contributed by atoms with Gasteiger partial charge in [0.25, 0.3) is 0 Å². The molecular formula is C26H37N3O4S. The Kier molecular flexibility index (Phi) is 10.7. The summed E-state index contributed by atoms with van der Waals surface area (Å²) in [5.41, 5.74) is 2.04. The molecule has 8 heteroatoms. The van der Waals surface area contributed by atoms with Gasteiger partial charge < -0.3 is 10.2 Å². The summed E-state index contributed by atoms with van der Waals surface area (Å²) < 4.78 is 26.7. The van der Waals surface area contributed by atoms with Crippen molar-refractivity contribution in [2.75, 3.05) is 20.1 Å². The largest absolute Gasteiger partial charge is 0.354 e. The Hall–Kier alpha value is -2.71. The SMILES string of the molecule is CCCNC(=O)C(CC)N(Cc1cccc(C)c1)C(=O)CCCN(C)S(=O)(=O)c1ccccc1. The average Bonchev–Trinajstić information content (AvgIpc) is 2.82. The normalized spacial score (nSPS) is 12.4. The summed E-state index contributed by atoms with van der Waals surface area (Å²) in [6, 6.07) is 15.6. The fourth-order valence-corrected chi connectivity index (χ4v) is 5.01. The molecule has 1 atom stereocenters. The lowest BCUT2D eigenvalue weighted by atomic mass is 10.1. The number of sulfonamides is 1. The molecule has 186 valence electrons. The lowest BCUT2D eigenvalue weighted by Crippen LogP contribution is -2.49. The quantitative estimate of drug-likeness (QED) is 0.466. The maximum atomic E-state index is 13.3. The first-order chi connectivity index (χ1) is 16.2. The third kappa shape index (κ3) is 7.67. The van der Waals surface area contributed by atoms with Gasteiger partial charge in [-0.15, -0.1) is 0 Å². The Balaban J connectivity index is 2.11. The van der Waals surface area contributed by atoms with Crippen molar-refractivity contribution in [2.45, 2.75) is 63.9 Å². The minimum atomic E-state index is -3.61. The van der Waals surface area contributed by atoms with Gasteiger partial charge in [0.1, 0.15) is 6.04 Å². The number of amides is 2. The lowest BCUT2D eigenvalue weighted by Gasteiger charge is -2.31. The molecule has 0 aromatic heterocycles. The number of carbonyl (C=O) groups excluding carboxylic acids is 2. The fraction of sp³-hybridized carbons (Fsp3) is 0.462. The first-order valence-electron chi connectivity index (χ1n) is 11.8. The third-order valence-electron chi connectivity index (χ3n) is 5.69. The van der Waals surface area contributed by atoms with Crippen LogP contribution in [0.15, 0.2) is 59.5 Å². The lowest BCUT2D eigenvalue weighted by molar-refractivity contribution is -0.141. The number of carbonyl (C=O) groups is 2. The first-order valence-corrected chi connectivity index (χ1v) is 13.3. The van der Waals surface area contributed by atoms with Crippen LogP contribution in [-0.2, 0) is 26.2 Å². The molecular weight excluding hydrogens is 450 g/mol. The zero-order chi connectivity index (χ0) is 25.1. The van der Waals surface area contributed by atoms with Gasteiger partial charge in [0, 0.05) is 33.1 Å². The number of hydrogen-bond donors (Lipinski definition) is 1. The van der Waals surface area contributed by atoms with Crippen molar-refractivity contribution in [2.24, 2.45) is 0 Å². The molecule has 0 aliphatic heterocycles. The van der Waals surface area contributed by atoms with E-state index in [1.54, 1.807) is 35.2 Å². The Bertz CT molecular complexity index is 1040. The van der Waals surface area contributed by atoms with Crippen molar-refractivity contribution >= 4 is 21.8 Å². The summed E-state index contributed by atoms with van der Waals surface area (Å²) in [5.74, 6) is -0.320. The highest BCUT2D eigenvalue weighted by Gasteiger charge is 2.28. The van der Waals surface area contributed by atoms with Crippen LogP contribution in [0, 0.1) is 6.92 Å². The molecule has 0 radical (unpaired) electrons. The van der Waals surface area contributed by atoms with Gasteiger partial charge in [-0.05, 0) is 43.9 Å². The maximum absolute atomic E-state index is 13.3. The summed E-state index contributed by atoms with van der Waals surface area (Å²) in [4.78, 5) is 28.0. The molecule has 2 aromatic rings. The fourth-order valence-electron chi connectivity index (χ4n) is 3.78. The summed E-state index contributed by atoms with van der Waals surface area (Å²) in [6.45, 7) is 6.97. The standard InChI is InChI=1S/C26H37N3O4S/c1-5-17-27-26(31)24(6-2)29(20-22-13-10-12-21(3)19-22)25(30)16-11-18-28(4)34(32,33)23-14-8-7-9-15-23/h7-10,12-15,19,24H,5-6,11,16-18,20H2,1-4H3,(H,27,31). The van der Waals surface area contributed by atoms with Crippen LogP contribution in [0.2, 0.25) is 0 Å². The molecule has 34 heavy (non-hydrogen) atoms. The molecule has 0 fully saturated rings. The van der Waals surface area contributed by atoms with Gasteiger partial charge >= 0.3 is 0 Å². The number of aryl methyl sites for hydroxylation is 1. The van der Waals surface area contributed by atoms with Gasteiger partial charge in [-0.2, -0.15) is 0 Å². The molecule has 0 aliphatic carbocycles. The van der Waals surface area contributed by atoms with E-state index in [0.29, 0.717) is 25.9 Å². The molecule has 1 unspecified atom stereocenters. The van der Waals surface area contributed by atoms with Crippen LogP contribution < -0.4 is 5.32 Å². The molecule has 2 aromatic carbocycles. The van der Waals surface area contributed by atoms with E-state index >= 15 is 0 Å². The predicted octanol–water partition coefficient (Wildman–Crippen LogP) is 3.73. The van der Waals surface area contributed by atoms with E-state index in [0.717, 1.165) is 17.5 Å². The first kappa shape index (κ1) is 27.5. The molecule has 0 aliphatic rings. The smallest absolute Gasteiger partial charge is 0.242 e. The van der Waals surface area contributed by atoms with Crippen LogP contribution >= 0.6 is 0 Å².